The largest absolute Gasteiger partial charge is 0.495 e. The van der Waals surface area contributed by atoms with E-state index in [0.717, 1.165) is 57.4 Å². The number of rotatable bonds is 14. The van der Waals surface area contributed by atoms with Gasteiger partial charge in [-0.15, -0.1) is 11.3 Å². The summed E-state index contributed by atoms with van der Waals surface area (Å²) in [5.41, 5.74) is 2.72. The number of carbonyl (C=O) groups excluding carboxylic acids is 1. The highest BCUT2D eigenvalue weighted by atomic mass is 32.2. The molecule has 10 nitrogen and oxygen atoms in total. The topological polar surface area (TPSA) is 124 Å². The molecule has 1 saturated heterocycles. The predicted molar refractivity (Wildman–Crippen MR) is 163 cm³/mol. The fourth-order valence-corrected chi connectivity index (χ4v) is 6.50. The van der Waals surface area contributed by atoms with E-state index in [4.69, 9.17) is 9.84 Å². The molecule has 1 amide bonds. The third kappa shape index (κ3) is 8.73. The van der Waals surface area contributed by atoms with E-state index < -0.39 is 10.0 Å². The molecule has 2 heterocycles. The predicted octanol–water partition coefficient (Wildman–Crippen LogP) is 3.90. The van der Waals surface area contributed by atoms with E-state index in [2.05, 4.69) is 31.7 Å². The monoisotopic (exact) mass is 601 g/mol. The molecule has 0 bridgehead atoms. The number of aryl methyl sites for hydroxylation is 1. The fraction of sp³-hybridized carbons (Fsp3) is 0.448. The molecule has 1 aliphatic rings. The zero-order chi connectivity index (χ0) is 29.2. The van der Waals surface area contributed by atoms with Crippen LogP contribution in [0, 0.1) is 0 Å². The zero-order valence-electron chi connectivity index (χ0n) is 23.6. The number of methoxy groups -OCH3 is 1. The van der Waals surface area contributed by atoms with Gasteiger partial charge in [-0.25, -0.2) is 13.4 Å². The van der Waals surface area contributed by atoms with Crippen molar-refractivity contribution in [1.29, 1.82) is 0 Å². The van der Waals surface area contributed by atoms with Gasteiger partial charge in [-0.2, -0.15) is 0 Å². The lowest BCUT2D eigenvalue weighted by atomic mass is 10.1. The molecule has 1 aromatic heterocycles. The van der Waals surface area contributed by atoms with Gasteiger partial charge in [0, 0.05) is 43.7 Å². The minimum Gasteiger partial charge on any atom is -0.495 e. The average molecular weight is 602 g/mol. The zero-order valence-corrected chi connectivity index (χ0v) is 25.3. The summed E-state index contributed by atoms with van der Waals surface area (Å²) in [6, 6.07) is 12.2. The molecule has 3 aromatic rings. The third-order valence-corrected chi connectivity index (χ3v) is 9.18. The lowest BCUT2D eigenvalue weighted by Gasteiger charge is -2.33. The molecular weight excluding hydrogens is 562 g/mol. The Morgan fingerprint density at radius 1 is 1.07 bits per heavy atom. The number of hydrogen-bond donors (Lipinski definition) is 3. The summed E-state index contributed by atoms with van der Waals surface area (Å²) in [6.07, 6.45) is 4.29. The van der Waals surface area contributed by atoms with E-state index in [1.54, 1.807) is 30.3 Å². The smallest absolute Gasteiger partial charge is 0.262 e. The number of unbranched alkanes of at least 4 members (excludes halogenated alkanes) is 2. The molecule has 41 heavy (non-hydrogen) atoms. The van der Waals surface area contributed by atoms with Crippen molar-refractivity contribution in [2.45, 2.75) is 37.5 Å². The van der Waals surface area contributed by atoms with Gasteiger partial charge in [0.15, 0.2) is 5.13 Å². The van der Waals surface area contributed by atoms with Gasteiger partial charge in [-0.3, -0.25) is 19.3 Å². The van der Waals surface area contributed by atoms with Crippen molar-refractivity contribution in [2.75, 3.05) is 63.0 Å². The molecule has 3 N–H and O–H groups in total. The van der Waals surface area contributed by atoms with Gasteiger partial charge in [0.2, 0.25) is 5.91 Å². The van der Waals surface area contributed by atoms with Gasteiger partial charge < -0.3 is 15.2 Å². The maximum Gasteiger partial charge on any atom is 0.262 e. The molecule has 0 atom stereocenters. The molecular formula is C29H39N5O5S2. The molecule has 0 radical (unpaired) electrons. The van der Waals surface area contributed by atoms with Gasteiger partial charge >= 0.3 is 0 Å². The number of nitrogens with one attached hydrogen (secondary N) is 2. The lowest BCUT2D eigenvalue weighted by molar-refractivity contribution is -0.117. The van der Waals surface area contributed by atoms with Gasteiger partial charge in [0.05, 0.1) is 36.5 Å². The van der Waals surface area contributed by atoms with Crippen LogP contribution < -0.4 is 14.8 Å². The number of aliphatic hydroxyl groups excluding tert-OH is 1. The second-order valence-electron chi connectivity index (χ2n) is 10.0. The van der Waals surface area contributed by atoms with Crippen molar-refractivity contribution < 1.29 is 23.1 Å². The molecule has 0 unspecified atom stereocenters. The highest BCUT2D eigenvalue weighted by molar-refractivity contribution is 7.92. The Morgan fingerprint density at radius 3 is 2.49 bits per heavy atom. The van der Waals surface area contributed by atoms with Crippen molar-refractivity contribution in [3.05, 3.63) is 53.4 Å². The number of carbonyl (C=O) groups is 1. The van der Waals surface area contributed by atoms with Gasteiger partial charge in [0.1, 0.15) is 5.75 Å². The third-order valence-electron chi connectivity index (χ3n) is 7.04. The molecule has 0 spiro atoms. The normalized spacial score (nSPS) is 14.6. The number of thiazole rings is 1. The van der Waals surface area contributed by atoms with Crippen LogP contribution in [-0.4, -0.2) is 87.2 Å². The van der Waals surface area contributed by atoms with Crippen LogP contribution in [0.5, 0.6) is 5.75 Å². The van der Waals surface area contributed by atoms with Crippen molar-refractivity contribution >= 4 is 38.1 Å². The van der Waals surface area contributed by atoms with Crippen LogP contribution in [0.2, 0.25) is 0 Å². The first-order valence-corrected chi connectivity index (χ1v) is 16.3. The Morgan fingerprint density at radius 2 is 1.80 bits per heavy atom. The summed E-state index contributed by atoms with van der Waals surface area (Å²) >= 11 is 1.31. The fourth-order valence-electron chi connectivity index (χ4n) is 4.70. The Balaban J connectivity index is 1.40. The first-order valence-electron chi connectivity index (χ1n) is 13.9. The number of ether oxygens (including phenoxy) is 1. The van der Waals surface area contributed by atoms with Gasteiger partial charge in [0.25, 0.3) is 10.0 Å². The summed E-state index contributed by atoms with van der Waals surface area (Å²) in [5, 5.41) is 14.3. The number of aromatic nitrogens is 1. The highest BCUT2D eigenvalue weighted by Crippen LogP contribution is 2.33. The summed E-state index contributed by atoms with van der Waals surface area (Å²) in [6.45, 7) is 6.41. The van der Waals surface area contributed by atoms with Crippen LogP contribution in [0.15, 0.2) is 52.7 Å². The van der Waals surface area contributed by atoms with Crippen LogP contribution in [0.4, 0.5) is 10.8 Å². The van der Waals surface area contributed by atoms with E-state index >= 15 is 0 Å². The van der Waals surface area contributed by atoms with Crippen LogP contribution in [-0.2, 0) is 21.2 Å². The summed E-state index contributed by atoms with van der Waals surface area (Å²) in [5.74, 6) is 0.248. The number of anilines is 2. The Labute approximate surface area is 246 Å². The number of nitrogens with zero attached hydrogens (tertiary/aromatic N) is 3. The average Bonchev–Trinajstić information content (AvgIpc) is 3.43. The number of hydrogen-bond acceptors (Lipinski definition) is 9. The van der Waals surface area contributed by atoms with Crippen molar-refractivity contribution in [3.63, 3.8) is 0 Å². The second kappa shape index (κ2) is 14.7. The van der Waals surface area contributed by atoms with Crippen LogP contribution >= 0.6 is 11.3 Å². The molecule has 4 rings (SSSR count). The molecule has 12 heteroatoms. The van der Waals surface area contributed by atoms with Crippen molar-refractivity contribution in [3.8, 4) is 17.0 Å². The van der Waals surface area contributed by atoms with E-state index in [1.807, 2.05) is 17.5 Å². The molecule has 0 aliphatic carbocycles. The Hall–Kier alpha value is -3.03. The van der Waals surface area contributed by atoms with E-state index in [1.165, 1.54) is 18.4 Å². The summed E-state index contributed by atoms with van der Waals surface area (Å²) in [7, 11) is -2.36. The van der Waals surface area contributed by atoms with Crippen LogP contribution in [0.1, 0.15) is 31.7 Å². The number of aliphatic hydroxyl groups is 1. The molecule has 222 valence electrons. The Kier molecular flexibility index (Phi) is 11.1. The van der Waals surface area contributed by atoms with Crippen molar-refractivity contribution in [1.82, 2.24) is 14.8 Å². The Bertz CT molecular complexity index is 1390. The molecule has 2 aromatic carbocycles. The SMILES string of the molecule is CCCCCc1ccc(S(=O)(=O)Nc2cc(-c3csc(NC(=O)CN4CCN(CCO)CC4)n3)ccc2OC)cc1. The number of sulfonamides is 1. The van der Waals surface area contributed by atoms with Crippen molar-refractivity contribution in [2.24, 2.45) is 0 Å². The number of piperazine rings is 1. The van der Waals surface area contributed by atoms with Crippen LogP contribution in [0.3, 0.4) is 0 Å². The summed E-state index contributed by atoms with van der Waals surface area (Å²) < 4.78 is 34.4. The van der Waals surface area contributed by atoms with E-state index in [0.29, 0.717) is 34.4 Å². The minimum atomic E-state index is -3.84. The maximum absolute atomic E-state index is 13.2. The van der Waals surface area contributed by atoms with E-state index in [9.17, 15) is 13.2 Å². The molecule has 1 fully saturated rings. The quantitative estimate of drug-likeness (QED) is 0.238. The number of β-amino-alcohol motifs (C(OH)–C–C–N with tert-alkyl or cyclic N) is 1. The number of amides is 1. The summed E-state index contributed by atoms with van der Waals surface area (Å²) in [4.78, 5) is 21.6. The van der Waals surface area contributed by atoms with E-state index in [-0.39, 0.29) is 24.0 Å². The standard InChI is InChI=1S/C29H39N5O5S2/c1-3-4-5-6-22-7-10-24(11-8-22)41(37,38)32-25-19-23(9-12-27(25)39-2)26-21-40-29(30-26)31-28(36)20-34-15-13-33(14-16-34)17-18-35/h7-12,19,21,32,35H,3-6,13-18,20H2,1-2H3,(H,30,31,36). The first-order chi connectivity index (χ1) is 19.8. The van der Waals surface area contributed by atoms with Gasteiger partial charge in [-0.05, 0) is 48.7 Å². The maximum atomic E-state index is 13.2. The molecule has 0 saturated carbocycles. The molecule has 1 aliphatic heterocycles. The van der Waals surface area contributed by atoms with Gasteiger partial charge in [-0.1, -0.05) is 31.9 Å². The lowest BCUT2D eigenvalue weighted by Crippen LogP contribution is -2.49. The van der Waals surface area contributed by atoms with Crippen LogP contribution in [0.25, 0.3) is 11.3 Å². The second-order valence-corrected chi connectivity index (χ2v) is 12.6. The minimum absolute atomic E-state index is 0.138. The highest BCUT2D eigenvalue weighted by Gasteiger charge is 2.20. The number of benzene rings is 2. The first kappa shape index (κ1) is 30.9.